The van der Waals surface area contributed by atoms with E-state index in [-0.39, 0.29) is 6.03 Å². The quantitative estimate of drug-likeness (QED) is 0.801. The molecule has 1 saturated heterocycles. The minimum Gasteiger partial charge on any atom is -0.329 e. The first-order valence-electron chi connectivity index (χ1n) is 7.00. The van der Waals surface area contributed by atoms with E-state index in [2.05, 4.69) is 13.8 Å². The molecule has 0 unspecified atom stereocenters. The van der Waals surface area contributed by atoms with Gasteiger partial charge < -0.3 is 15.5 Å². The van der Waals surface area contributed by atoms with Gasteiger partial charge in [0, 0.05) is 32.2 Å². The molecular formula is C13H27N3O. The topological polar surface area (TPSA) is 49.6 Å². The molecule has 2 N–H and O–H groups in total. The van der Waals surface area contributed by atoms with Crippen LogP contribution in [0.4, 0.5) is 4.79 Å². The number of carbonyl (C=O) groups excluding carboxylic acids is 1. The Morgan fingerprint density at radius 2 is 1.82 bits per heavy atom. The van der Waals surface area contributed by atoms with E-state index in [1.165, 1.54) is 6.42 Å². The van der Waals surface area contributed by atoms with Crippen molar-refractivity contribution in [3.8, 4) is 0 Å². The van der Waals surface area contributed by atoms with Gasteiger partial charge in [-0.3, -0.25) is 0 Å². The number of carbonyl (C=O) groups is 1. The van der Waals surface area contributed by atoms with Gasteiger partial charge in [0.2, 0.25) is 0 Å². The standard InChI is InChI=1S/C13H27N3O/c1-3-12(4-2)16(11-8-14)13(17)15-9-6-5-7-10-15/h12H,3-11,14H2,1-2H3. The van der Waals surface area contributed by atoms with Gasteiger partial charge in [-0.15, -0.1) is 0 Å². The number of likely N-dealkylation sites (tertiary alicyclic amines) is 1. The maximum Gasteiger partial charge on any atom is 0.320 e. The predicted molar refractivity (Wildman–Crippen MR) is 71.0 cm³/mol. The summed E-state index contributed by atoms with van der Waals surface area (Å²) in [6.07, 6.45) is 5.56. The van der Waals surface area contributed by atoms with Gasteiger partial charge in [-0.25, -0.2) is 4.79 Å². The summed E-state index contributed by atoms with van der Waals surface area (Å²) in [5.41, 5.74) is 5.63. The molecule has 0 bridgehead atoms. The Labute approximate surface area is 105 Å². The number of hydrogen-bond donors (Lipinski definition) is 1. The molecule has 0 saturated carbocycles. The third kappa shape index (κ3) is 3.87. The molecule has 1 rings (SSSR count). The van der Waals surface area contributed by atoms with E-state index in [4.69, 9.17) is 5.73 Å². The van der Waals surface area contributed by atoms with Crippen molar-refractivity contribution in [3.05, 3.63) is 0 Å². The van der Waals surface area contributed by atoms with Crippen LogP contribution in [0.5, 0.6) is 0 Å². The van der Waals surface area contributed by atoms with E-state index >= 15 is 0 Å². The van der Waals surface area contributed by atoms with Gasteiger partial charge >= 0.3 is 6.03 Å². The number of nitrogens with two attached hydrogens (primary N) is 1. The summed E-state index contributed by atoms with van der Waals surface area (Å²) >= 11 is 0. The van der Waals surface area contributed by atoms with Crippen LogP contribution in [0.25, 0.3) is 0 Å². The molecular weight excluding hydrogens is 214 g/mol. The molecule has 4 heteroatoms. The lowest BCUT2D eigenvalue weighted by Crippen LogP contribution is -2.51. The molecule has 0 spiro atoms. The molecule has 0 atom stereocenters. The zero-order valence-corrected chi connectivity index (χ0v) is 11.3. The summed E-state index contributed by atoms with van der Waals surface area (Å²) in [6.45, 7) is 7.35. The summed E-state index contributed by atoms with van der Waals surface area (Å²) < 4.78 is 0. The largest absolute Gasteiger partial charge is 0.329 e. The van der Waals surface area contributed by atoms with Crippen molar-refractivity contribution < 1.29 is 4.79 Å². The SMILES string of the molecule is CCC(CC)N(CCN)C(=O)N1CCCCC1. The fourth-order valence-electron chi connectivity index (χ4n) is 2.57. The normalized spacial score (nSPS) is 16.4. The average Bonchev–Trinajstić information content (AvgIpc) is 2.39. The molecule has 17 heavy (non-hydrogen) atoms. The summed E-state index contributed by atoms with van der Waals surface area (Å²) in [7, 11) is 0. The second-order valence-electron chi connectivity index (χ2n) is 4.78. The van der Waals surface area contributed by atoms with Gasteiger partial charge in [0.25, 0.3) is 0 Å². The summed E-state index contributed by atoms with van der Waals surface area (Å²) in [5.74, 6) is 0. The monoisotopic (exact) mass is 241 g/mol. The fraction of sp³-hybridized carbons (Fsp3) is 0.923. The van der Waals surface area contributed by atoms with Gasteiger partial charge in [-0.05, 0) is 32.1 Å². The van der Waals surface area contributed by atoms with Crippen LogP contribution in [0.3, 0.4) is 0 Å². The van der Waals surface area contributed by atoms with E-state index in [1.54, 1.807) is 0 Å². The minimum absolute atomic E-state index is 0.198. The Kier molecular flexibility index (Phi) is 6.34. The maximum atomic E-state index is 12.4. The number of nitrogens with zero attached hydrogens (tertiary/aromatic N) is 2. The zero-order chi connectivity index (χ0) is 12.7. The molecule has 0 aliphatic carbocycles. The van der Waals surface area contributed by atoms with Gasteiger partial charge in [0.1, 0.15) is 0 Å². The lowest BCUT2D eigenvalue weighted by atomic mass is 10.1. The molecule has 1 aliphatic heterocycles. The summed E-state index contributed by atoms with van der Waals surface area (Å²) in [6, 6.07) is 0.539. The number of rotatable bonds is 5. The highest BCUT2D eigenvalue weighted by atomic mass is 16.2. The third-order valence-electron chi connectivity index (χ3n) is 3.63. The molecule has 4 nitrogen and oxygen atoms in total. The van der Waals surface area contributed by atoms with Crippen molar-refractivity contribution in [2.24, 2.45) is 5.73 Å². The van der Waals surface area contributed by atoms with Crippen LogP contribution < -0.4 is 5.73 Å². The molecule has 0 radical (unpaired) electrons. The van der Waals surface area contributed by atoms with Gasteiger partial charge in [0.05, 0.1) is 0 Å². The van der Waals surface area contributed by atoms with Crippen molar-refractivity contribution >= 4 is 6.03 Å². The van der Waals surface area contributed by atoms with Gasteiger partial charge in [0.15, 0.2) is 0 Å². The maximum absolute atomic E-state index is 12.4. The van der Waals surface area contributed by atoms with Crippen LogP contribution in [0, 0.1) is 0 Å². The predicted octanol–water partition coefficient (Wildman–Crippen LogP) is 2.04. The summed E-state index contributed by atoms with van der Waals surface area (Å²) in [5, 5.41) is 0. The third-order valence-corrected chi connectivity index (χ3v) is 3.63. The first kappa shape index (κ1) is 14.3. The van der Waals surface area contributed by atoms with Crippen LogP contribution in [0.15, 0.2) is 0 Å². The van der Waals surface area contributed by atoms with Gasteiger partial charge in [-0.2, -0.15) is 0 Å². The Balaban J connectivity index is 2.63. The second-order valence-corrected chi connectivity index (χ2v) is 4.78. The highest BCUT2D eigenvalue weighted by Gasteiger charge is 2.26. The van der Waals surface area contributed by atoms with Crippen LogP contribution >= 0.6 is 0 Å². The number of hydrogen-bond acceptors (Lipinski definition) is 2. The van der Waals surface area contributed by atoms with Crippen molar-refractivity contribution in [2.75, 3.05) is 26.2 Å². The van der Waals surface area contributed by atoms with Crippen LogP contribution in [0.1, 0.15) is 46.0 Å². The Morgan fingerprint density at radius 3 is 2.29 bits per heavy atom. The molecule has 0 aromatic heterocycles. The molecule has 2 amide bonds. The minimum atomic E-state index is 0.198. The molecule has 1 fully saturated rings. The molecule has 0 aromatic carbocycles. The van der Waals surface area contributed by atoms with Crippen LogP contribution in [0.2, 0.25) is 0 Å². The fourth-order valence-corrected chi connectivity index (χ4v) is 2.57. The van der Waals surface area contributed by atoms with E-state index in [0.29, 0.717) is 19.1 Å². The highest BCUT2D eigenvalue weighted by molar-refractivity contribution is 5.75. The molecule has 1 aliphatic rings. The van der Waals surface area contributed by atoms with E-state index in [0.717, 1.165) is 38.8 Å². The smallest absolute Gasteiger partial charge is 0.320 e. The van der Waals surface area contributed by atoms with Gasteiger partial charge in [-0.1, -0.05) is 13.8 Å². The van der Waals surface area contributed by atoms with E-state index < -0.39 is 0 Å². The molecule has 0 aromatic rings. The second kappa shape index (κ2) is 7.54. The molecule has 100 valence electrons. The number of urea groups is 1. The Morgan fingerprint density at radius 1 is 1.24 bits per heavy atom. The van der Waals surface area contributed by atoms with Crippen molar-refractivity contribution in [1.82, 2.24) is 9.80 Å². The van der Waals surface area contributed by atoms with E-state index in [9.17, 15) is 4.79 Å². The first-order valence-corrected chi connectivity index (χ1v) is 7.00. The highest BCUT2D eigenvalue weighted by Crippen LogP contribution is 2.15. The summed E-state index contributed by atoms with van der Waals surface area (Å²) in [4.78, 5) is 16.4. The molecule has 1 heterocycles. The lowest BCUT2D eigenvalue weighted by molar-refractivity contribution is 0.123. The van der Waals surface area contributed by atoms with Crippen molar-refractivity contribution in [2.45, 2.75) is 52.0 Å². The van der Waals surface area contributed by atoms with E-state index in [1.807, 2.05) is 9.80 Å². The van der Waals surface area contributed by atoms with Crippen LogP contribution in [-0.4, -0.2) is 48.1 Å². The lowest BCUT2D eigenvalue weighted by Gasteiger charge is -2.37. The first-order chi connectivity index (χ1) is 8.24. The Hall–Kier alpha value is -0.770. The average molecular weight is 241 g/mol. The van der Waals surface area contributed by atoms with Crippen LogP contribution in [-0.2, 0) is 0 Å². The Bertz CT molecular complexity index is 223. The number of amides is 2. The zero-order valence-electron chi connectivity index (χ0n) is 11.3. The van der Waals surface area contributed by atoms with Crippen molar-refractivity contribution in [3.63, 3.8) is 0 Å². The van der Waals surface area contributed by atoms with Crippen molar-refractivity contribution in [1.29, 1.82) is 0 Å². The number of piperidine rings is 1.